The summed E-state index contributed by atoms with van der Waals surface area (Å²) in [5.74, 6) is -0.273. The molecule has 128 valence electrons. The summed E-state index contributed by atoms with van der Waals surface area (Å²) in [5.41, 5.74) is 0. The molecule has 0 aliphatic heterocycles. The van der Waals surface area contributed by atoms with E-state index in [-0.39, 0.29) is 5.75 Å². The van der Waals surface area contributed by atoms with Crippen molar-refractivity contribution in [2.75, 3.05) is 33.0 Å². The molecule has 0 rings (SSSR count). The van der Waals surface area contributed by atoms with Gasteiger partial charge in [0.25, 0.3) is 0 Å². The van der Waals surface area contributed by atoms with Crippen LogP contribution < -0.4 is 0 Å². The molecule has 0 heterocycles. The summed E-state index contributed by atoms with van der Waals surface area (Å²) in [7, 11) is -0.143. The molecule has 0 spiro atoms. The summed E-state index contributed by atoms with van der Waals surface area (Å²) in [6.45, 7) is 3.69. The number of unbranched alkanes of at least 4 members (excludes halogenated alkanes) is 7. The van der Waals surface area contributed by atoms with Gasteiger partial charge in [0.05, 0.1) is 24.2 Å². The molecule has 0 aliphatic carbocycles. The summed E-state index contributed by atoms with van der Waals surface area (Å²) in [6, 6.07) is 0. The highest BCUT2D eigenvalue weighted by molar-refractivity contribution is 7.85. The highest BCUT2D eigenvalue weighted by Crippen LogP contribution is 2.09. The molecule has 0 aromatic carbocycles. The van der Waals surface area contributed by atoms with Gasteiger partial charge in [-0.3, -0.25) is 0 Å². The van der Waals surface area contributed by atoms with Crippen LogP contribution in [0.2, 0.25) is 0 Å². The molecule has 21 heavy (non-hydrogen) atoms. The number of hydrogen-bond donors (Lipinski definition) is 0. The molecule has 0 N–H and O–H groups in total. The predicted octanol–water partition coefficient (Wildman–Crippen LogP) is 3.07. The fraction of sp³-hybridized carbons (Fsp3) is 1.00. The van der Waals surface area contributed by atoms with E-state index in [2.05, 4.69) is 6.92 Å². The Hall–Kier alpha value is -0.170. The van der Waals surface area contributed by atoms with Crippen LogP contribution in [0, 0.1) is 0 Å². The topological polar surface area (TPSA) is 66.4 Å². The Morgan fingerprint density at radius 3 is 2.05 bits per heavy atom. The normalized spacial score (nSPS) is 12.8. The molecule has 0 atom stereocenters. The minimum absolute atomic E-state index is 0.273. The number of quaternary nitrogens is 1. The number of rotatable bonds is 14. The zero-order valence-electron chi connectivity index (χ0n) is 14.0. The summed E-state index contributed by atoms with van der Waals surface area (Å²) >= 11 is 0. The van der Waals surface area contributed by atoms with Gasteiger partial charge in [0.2, 0.25) is 0 Å². The first-order valence-corrected chi connectivity index (χ1v) is 9.76. The maximum atomic E-state index is 10.5. The Labute approximate surface area is 131 Å². The first kappa shape index (κ1) is 20.8. The Bertz CT molecular complexity index is 342. The molecule has 5 nitrogen and oxygen atoms in total. The van der Waals surface area contributed by atoms with E-state index in [9.17, 15) is 13.0 Å². The summed E-state index contributed by atoms with van der Waals surface area (Å²) in [6.07, 6.45) is 9.91. The van der Waals surface area contributed by atoms with Gasteiger partial charge in [-0.1, -0.05) is 45.4 Å². The van der Waals surface area contributed by atoms with Gasteiger partial charge in [0, 0.05) is 12.2 Å². The lowest BCUT2D eigenvalue weighted by Gasteiger charge is -2.27. The average molecular weight is 323 g/mol. The van der Waals surface area contributed by atoms with Crippen molar-refractivity contribution in [1.82, 2.24) is 0 Å². The second-order valence-corrected chi connectivity index (χ2v) is 7.74. The minimum Gasteiger partial charge on any atom is -0.748 e. The van der Waals surface area contributed by atoms with Crippen LogP contribution in [0.1, 0.15) is 64.7 Å². The molecular formula is C15H33NO4S. The quantitative estimate of drug-likeness (QED) is 0.213. The van der Waals surface area contributed by atoms with Gasteiger partial charge >= 0.3 is 0 Å². The molecule has 0 amide bonds. The summed E-state index contributed by atoms with van der Waals surface area (Å²) < 4.78 is 31.9. The van der Waals surface area contributed by atoms with E-state index < -0.39 is 10.1 Å². The molecule has 0 saturated carbocycles. The fourth-order valence-corrected chi connectivity index (χ4v) is 2.76. The van der Waals surface area contributed by atoms with E-state index in [1.807, 2.05) is 14.1 Å². The highest BCUT2D eigenvalue weighted by Gasteiger charge is 2.16. The van der Waals surface area contributed by atoms with Crippen LogP contribution >= 0.6 is 0 Å². The van der Waals surface area contributed by atoms with Crippen molar-refractivity contribution in [2.45, 2.75) is 64.7 Å². The maximum absolute atomic E-state index is 10.5. The zero-order chi connectivity index (χ0) is 16.2. The van der Waals surface area contributed by atoms with Crippen LogP contribution in [0.4, 0.5) is 0 Å². The lowest BCUT2D eigenvalue weighted by Crippen LogP contribution is -2.40. The summed E-state index contributed by atoms with van der Waals surface area (Å²) in [5, 5.41) is 0. The van der Waals surface area contributed by atoms with Gasteiger partial charge in [-0.2, -0.15) is 4.65 Å². The third-order valence-corrected chi connectivity index (χ3v) is 4.32. The van der Waals surface area contributed by atoms with Gasteiger partial charge in [-0.25, -0.2) is 13.3 Å². The van der Waals surface area contributed by atoms with E-state index >= 15 is 0 Å². The predicted molar refractivity (Wildman–Crippen MR) is 84.7 cm³/mol. The van der Waals surface area contributed by atoms with Crippen molar-refractivity contribution in [3.8, 4) is 0 Å². The van der Waals surface area contributed by atoms with Gasteiger partial charge in [0.1, 0.15) is 13.2 Å². The number of nitrogens with zero attached hydrogens (tertiary/aromatic N) is 1. The van der Waals surface area contributed by atoms with Crippen molar-refractivity contribution in [3.63, 3.8) is 0 Å². The monoisotopic (exact) mass is 323 g/mol. The van der Waals surface area contributed by atoms with E-state index in [0.29, 0.717) is 17.5 Å². The molecule has 0 aromatic heterocycles. The SMILES string of the molecule is CCCCCCCCCO[N+](C)(C)CCCCS(=O)(=O)[O-]. The van der Waals surface area contributed by atoms with Crippen molar-refractivity contribution in [3.05, 3.63) is 0 Å². The smallest absolute Gasteiger partial charge is 0.108 e. The largest absolute Gasteiger partial charge is 0.748 e. The van der Waals surface area contributed by atoms with Gasteiger partial charge in [-0.05, 0) is 12.8 Å². The maximum Gasteiger partial charge on any atom is 0.108 e. The van der Waals surface area contributed by atoms with E-state index in [1.54, 1.807) is 0 Å². The lowest BCUT2D eigenvalue weighted by atomic mass is 10.1. The van der Waals surface area contributed by atoms with Crippen LogP contribution in [-0.4, -0.2) is 50.6 Å². The minimum atomic E-state index is -4.07. The number of hydrogen-bond acceptors (Lipinski definition) is 4. The van der Waals surface area contributed by atoms with Gasteiger partial charge in [0.15, 0.2) is 0 Å². The first-order chi connectivity index (χ1) is 9.77. The Kier molecular flexibility index (Phi) is 11.3. The lowest BCUT2D eigenvalue weighted by molar-refractivity contribution is -1.08. The molecule has 0 saturated heterocycles. The second-order valence-electron chi connectivity index (χ2n) is 6.22. The molecule has 0 bridgehead atoms. The Morgan fingerprint density at radius 1 is 0.905 bits per heavy atom. The highest BCUT2D eigenvalue weighted by atomic mass is 32.2. The van der Waals surface area contributed by atoms with Crippen LogP contribution in [0.15, 0.2) is 0 Å². The zero-order valence-corrected chi connectivity index (χ0v) is 14.8. The molecule has 0 fully saturated rings. The van der Waals surface area contributed by atoms with Gasteiger partial charge in [-0.15, -0.1) is 0 Å². The van der Waals surface area contributed by atoms with Crippen LogP contribution in [0.25, 0.3) is 0 Å². The molecular weight excluding hydrogens is 290 g/mol. The average Bonchev–Trinajstić information content (AvgIpc) is 2.37. The molecule has 6 heteroatoms. The fourth-order valence-electron chi connectivity index (χ4n) is 2.21. The van der Waals surface area contributed by atoms with E-state index in [1.165, 1.54) is 38.5 Å². The van der Waals surface area contributed by atoms with E-state index in [0.717, 1.165) is 19.6 Å². The van der Waals surface area contributed by atoms with Crippen molar-refractivity contribution < 1.29 is 22.5 Å². The molecule has 0 radical (unpaired) electrons. The van der Waals surface area contributed by atoms with Crippen LogP contribution in [-0.2, 0) is 15.0 Å². The Balaban J connectivity index is 3.50. The molecule has 0 aliphatic rings. The molecule has 0 aromatic rings. The van der Waals surface area contributed by atoms with Crippen molar-refractivity contribution in [1.29, 1.82) is 0 Å². The summed E-state index contributed by atoms with van der Waals surface area (Å²) in [4.78, 5) is 5.80. The van der Waals surface area contributed by atoms with Gasteiger partial charge < -0.3 is 4.55 Å². The first-order valence-electron chi connectivity index (χ1n) is 8.18. The molecule has 0 unspecified atom stereocenters. The van der Waals surface area contributed by atoms with Crippen LogP contribution in [0.5, 0.6) is 0 Å². The van der Waals surface area contributed by atoms with Crippen LogP contribution in [0.3, 0.4) is 0 Å². The van der Waals surface area contributed by atoms with Crippen molar-refractivity contribution >= 4 is 10.1 Å². The third kappa shape index (κ3) is 16.0. The number of hydroxylamine groups is 3. The third-order valence-electron chi connectivity index (χ3n) is 3.53. The second kappa shape index (κ2) is 11.4. The Morgan fingerprint density at radius 2 is 1.48 bits per heavy atom. The van der Waals surface area contributed by atoms with E-state index in [4.69, 9.17) is 4.84 Å². The van der Waals surface area contributed by atoms with Crippen molar-refractivity contribution in [2.24, 2.45) is 0 Å². The standard InChI is InChI=1S/C15H33NO4S/c1-4-5-6-7-8-9-11-14-20-16(2,3)13-10-12-15-21(17,18)19/h4-15H2,1-3H3.